The number of rotatable bonds is 11. The first-order valence-electron chi connectivity index (χ1n) is 7.15. The first kappa shape index (κ1) is 18.4. The van der Waals surface area contributed by atoms with Crippen LogP contribution in [0.1, 0.15) is 45.4 Å². The van der Waals surface area contributed by atoms with Crippen LogP contribution in [0.25, 0.3) is 0 Å². The van der Waals surface area contributed by atoms with Gasteiger partial charge in [-0.15, -0.1) is 0 Å². The average molecular weight is 280 g/mol. The van der Waals surface area contributed by atoms with E-state index in [4.69, 9.17) is 0 Å². The van der Waals surface area contributed by atoms with Gasteiger partial charge < -0.3 is 4.74 Å². The summed E-state index contributed by atoms with van der Waals surface area (Å²) in [4.78, 5) is 10.7. The Kier molecular flexibility index (Phi) is 12.7. The van der Waals surface area contributed by atoms with Crippen molar-refractivity contribution >= 4 is 5.97 Å². The van der Waals surface area contributed by atoms with Crippen LogP contribution < -0.4 is 0 Å². The van der Waals surface area contributed by atoms with Crippen molar-refractivity contribution < 1.29 is 13.9 Å². The molecule has 0 aliphatic carbocycles. The zero-order valence-corrected chi connectivity index (χ0v) is 12.3. The third-order valence-corrected chi connectivity index (χ3v) is 2.49. The molecule has 0 fully saturated rings. The molecular formula is C17H25FO2. The van der Waals surface area contributed by atoms with Crippen molar-refractivity contribution in [3.05, 3.63) is 48.9 Å². The second-order valence-corrected chi connectivity index (χ2v) is 4.32. The summed E-state index contributed by atoms with van der Waals surface area (Å²) in [5.74, 6) is -2.02. The maximum atomic E-state index is 12.2. The van der Waals surface area contributed by atoms with Crippen LogP contribution in [0.2, 0.25) is 0 Å². The van der Waals surface area contributed by atoms with Crippen molar-refractivity contribution in [1.82, 2.24) is 0 Å². The van der Waals surface area contributed by atoms with Crippen LogP contribution >= 0.6 is 0 Å². The average Bonchev–Trinajstić information content (AvgIpc) is 2.43. The van der Waals surface area contributed by atoms with E-state index >= 15 is 0 Å². The topological polar surface area (TPSA) is 26.3 Å². The summed E-state index contributed by atoms with van der Waals surface area (Å²) >= 11 is 0. The number of carbonyl (C=O) groups is 1. The lowest BCUT2D eigenvalue weighted by Crippen LogP contribution is -2.04. The van der Waals surface area contributed by atoms with Gasteiger partial charge in [0.2, 0.25) is 5.83 Å². The molecule has 0 bridgehead atoms. The van der Waals surface area contributed by atoms with Crippen LogP contribution in [0.5, 0.6) is 0 Å². The van der Waals surface area contributed by atoms with Crippen LogP contribution in [-0.2, 0) is 9.53 Å². The minimum atomic E-state index is -1.05. The first-order valence-corrected chi connectivity index (χ1v) is 7.15. The highest BCUT2D eigenvalue weighted by atomic mass is 19.1. The van der Waals surface area contributed by atoms with Crippen molar-refractivity contribution in [3.63, 3.8) is 0 Å². The molecule has 0 aliphatic heterocycles. The molecule has 0 saturated heterocycles. The Hall–Kier alpha value is -1.64. The third-order valence-electron chi connectivity index (χ3n) is 2.49. The number of allylic oxidation sites excluding steroid dienone is 5. The summed E-state index contributed by atoms with van der Waals surface area (Å²) in [7, 11) is 0. The van der Waals surface area contributed by atoms with Crippen LogP contribution in [0.4, 0.5) is 4.39 Å². The Morgan fingerprint density at radius 2 is 1.65 bits per heavy atom. The lowest BCUT2D eigenvalue weighted by atomic mass is 10.2. The largest absolute Gasteiger partial charge is 0.460 e. The molecule has 20 heavy (non-hydrogen) atoms. The fourth-order valence-corrected chi connectivity index (χ4v) is 1.44. The van der Waals surface area contributed by atoms with Crippen molar-refractivity contribution in [2.24, 2.45) is 0 Å². The van der Waals surface area contributed by atoms with E-state index in [2.05, 4.69) is 48.6 Å². The van der Waals surface area contributed by atoms with E-state index in [1.165, 1.54) is 0 Å². The van der Waals surface area contributed by atoms with Crippen LogP contribution in [-0.4, -0.2) is 12.6 Å². The summed E-state index contributed by atoms with van der Waals surface area (Å²) < 4.78 is 16.9. The van der Waals surface area contributed by atoms with E-state index in [1.54, 1.807) is 0 Å². The van der Waals surface area contributed by atoms with E-state index in [0.29, 0.717) is 6.42 Å². The van der Waals surface area contributed by atoms with E-state index in [-0.39, 0.29) is 6.61 Å². The molecule has 0 aromatic heterocycles. The van der Waals surface area contributed by atoms with E-state index in [0.717, 1.165) is 32.1 Å². The molecule has 112 valence electrons. The summed E-state index contributed by atoms with van der Waals surface area (Å²) in [5.41, 5.74) is 0. The molecule has 0 unspecified atom stereocenters. The SMILES string of the molecule is C=C(F)C(=O)OCC/C=C/CCC/C=C\C/C=C\CC. The molecule has 0 radical (unpaired) electrons. The molecule has 0 atom stereocenters. The van der Waals surface area contributed by atoms with Gasteiger partial charge in [-0.3, -0.25) is 0 Å². The molecule has 0 rings (SSSR count). The fourth-order valence-electron chi connectivity index (χ4n) is 1.44. The number of halogens is 1. The molecule has 2 nitrogen and oxygen atoms in total. The van der Waals surface area contributed by atoms with Crippen molar-refractivity contribution in [1.29, 1.82) is 0 Å². The molecule has 0 spiro atoms. The molecule has 3 heteroatoms. The number of carbonyl (C=O) groups excluding carboxylic acids is 1. The van der Waals surface area contributed by atoms with Gasteiger partial charge in [-0.1, -0.05) is 50.0 Å². The quantitative estimate of drug-likeness (QED) is 0.229. The highest BCUT2D eigenvalue weighted by molar-refractivity contribution is 5.85. The number of esters is 1. The summed E-state index contributed by atoms with van der Waals surface area (Å²) in [6, 6.07) is 0. The maximum absolute atomic E-state index is 12.2. The fraction of sp³-hybridized carbons (Fsp3) is 0.471. The summed E-state index contributed by atoms with van der Waals surface area (Å²) in [5, 5.41) is 0. The molecule has 0 amide bonds. The predicted molar refractivity (Wildman–Crippen MR) is 82.0 cm³/mol. The van der Waals surface area contributed by atoms with E-state index < -0.39 is 11.8 Å². The Morgan fingerprint density at radius 1 is 1.05 bits per heavy atom. The lowest BCUT2D eigenvalue weighted by Gasteiger charge is -1.98. The normalized spacial score (nSPS) is 11.7. The monoisotopic (exact) mass is 280 g/mol. The van der Waals surface area contributed by atoms with Crippen molar-refractivity contribution in [3.8, 4) is 0 Å². The van der Waals surface area contributed by atoms with Gasteiger partial charge in [0.1, 0.15) is 0 Å². The van der Waals surface area contributed by atoms with Crippen LogP contribution in [0.3, 0.4) is 0 Å². The number of unbranched alkanes of at least 4 members (excludes halogenated alkanes) is 2. The Balaban J connectivity index is 3.38. The molecule has 0 N–H and O–H groups in total. The van der Waals surface area contributed by atoms with Crippen LogP contribution in [0, 0.1) is 0 Å². The smallest absolute Gasteiger partial charge is 0.366 e. The molecule has 0 heterocycles. The highest BCUT2D eigenvalue weighted by Gasteiger charge is 2.04. The Morgan fingerprint density at radius 3 is 2.30 bits per heavy atom. The third kappa shape index (κ3) is 12.8. The maximum Gasteiger partial charge on any atom is 0.366 e. The minimum Gasteiger partial charge on any atom is -0.460 e. The van der Waals surface area contributed by atoms with Crippen LogP contribution in [0.15, 0.2) is 48.9 Å². The molecular weight excluding hydrogens is 255 g/mol. The predicted octanol–water partition coefficient (Wildman–Crippen LogP) is 5.04. The standard InChI is InChI=1S/C17H25FO2/c1-3-4-5-6-7-8-9-10-11-12-13-14-15-20-17(19)16(2)18/h4-5,7-8,12-13H,2-3,6,9-11,14-15H2,1H3/b5-4-,8-7-,13-12+. The van der Waals surface area contributed by atoms with Gasteiger partial charge in [-0.2, -0.15) is 4.39 Å². The number of hydrogen-bond acceptors (Lipinski definition) is 2. The lowest BCUT2D eigenvalue weighted by molar-refractivity contribution is -0.140. The zero-order valence-electron chi connectivity index (χ0n) is 12.3. The molecule has 0 aliphatic rings. The molecule has 0 saturated carbocycles. The minimum absolute atomic E-state index is 0.196. The number of ether oxygens (including phenoxy) is 1. The first-order chi connectivity index (χ1) is 9.68. The van der Waals surface area contributed by atoms with Gasteiger partial charge in [0.25, 0.3) is 0 Å². The van der Waals surface area contributed by atoms with Crippen molar-refractivity contribution in [2.45, 2.75) is 45.4 Å². The highest BCUT2D eigenvalue weighted by Crippen LogP contribution is 2.01. The van der Waals surface area contributed by atoms with Gasteiger partial charge in [-0.25, -0.2) is 4.79 Å². The zero-order chi connectivity index (χ0) is 15.1. The Labute approximate surface area is 121 Å². The summed E-state index contributed by atoms with van der Waals surface area (Å²) in [6.07, 6.45) is 18.6. The second-order valence-electron chi connectivity index (χ2n) is 4.32. The van der Waals surface area contributed by atoms with Gasteiger partial charge in [0.05, 0.1) is 6.61 Å². The van der Waals surface area contributed by atoms with Gasteiger partial charge in [0.15, 0.2) is 0 Å². The number of hydrogen-bond donors (Lipinski definition) is 0. The van der Waals surface area contributed by atoms with Gasteiger partial charge >= 0.3 is 5.97 Å². The van der Waals surface area contributed by atoms with E-state index in [9.17, 15) is 9.18 Å². The summed E-state index contributed by atoms with van der Waals surface area (Å²) in [6.45, 7) is 5.19. The van der Waals surface area contributed by atoms with Gasteiger partial charge in [0, 0.05) is 0 Å². The second kappa shape index (κ2) is 13.8. The van der Waals surface area contributed by atoms with Gasteiger partial charge in [-0.05, 0) is 38.5 Å². The van der Waals surface area contributed by atoms with Crippen molar-refractivity contribution in [2.75, 3.05) is 6.61 Å². The Bertz CT molecular complexity index is 354. The molecule has 0 aromatic carbocycles. The molecule has 0 aromatic rings. The van der Waals surface area contributed by atoms with E-state index in [1.807, 2.05) is 6.08 Å².